The van der Waals surface area contributed by atoms with Crippen molar-refractivity contribution >= 4 is 20.1 Å². The molecule has 23 heavy (non-hydrogen) atoms. The maximum Gasteiger partial charge on any atom is 0.348 e. The number of benzene rings is 1. The second-order valence-corrected chi connectivity index (χ2v) is 9.75. The van der Waals surface area contributed by atoms with Crippen LogP contribution in [0.2, 0.25) is 13.1 Å². The smallest absolute Gasteiger partial charge is 0.348 e. The fraction of sp³-hybridized carbons (Fsp3) is 0.529. The zero-order chi connectivity index (χ0) is 17.5. The molecule has 1 aromatic carbocycles. The van der Waals surface area contributed by atoms with Crippen LogP contribution in [0.5, 0.6) is 0 Å². The first kappa shape index (κ1) is 17.5. The standard InChI is InChI=1S/C17H26N2O3Si/c1-11(2)18-13-10-8-9-12(17(3,4)5)14(13)19(22-23(6)7)16(21)15(18)20/h8-11,23H,1-7H3. The molecule has 0 saturated heterocycles. The lowest BCUT2D eigenvalue weighted by atomic mass is 9.86. The van der Waals surface area contributed by atoms with Gasteiger partial charge in [-0.25, -0.2) is 0 Å². The molecule has 2 aromatic rings. The van der Waals surface area contributed by atoms with Crippen molar-refractivity contribution in [3.63, 3.8) is 0 Å². The van der Waals surface area contributed by atoms with Gasteiger partial charge in [-0.2, -0.15) is 4.73 Å². The molecule has 0 aliphatic heterocycles. The zero-order valence-corrected chi connectivity index (χ0v) is 16.2. The number of hydrogen-bond donors (Lipinski definition) is 0. The molecule has 1 heterocycles. The van der Waals surface area contributed by atoms with E-state index in [-0.39, 0.29) is 11.5 Å². The summed E-state index contributed by atoms with van der Waals surface area (Å²) in [5, 5.41) is 0. The molecule has 6 heteroatoms. The summed E-state index contributed by atoms with van der Waals surface area (Å²) in [5.41, 5.74) is 1.13. The molecule has 0 spiro atoms. The Morgan fingerprint density at radius 1 is 1.09 bits per heavy atom. The Morgan fingerprint density at radius 2 is 1.70 bits per heavy atom. The van der Waals surface area contributed by atoms with Gasteiger partial charge in [0.2, 0.25) is 0 Å². The Balaban J connectivity index is 3.10. The summed E-state index contributed by atoms with van der Waals surface area (Å²) < 4.78 is 8.65. The fourth-order valence-corrected chi connectivity index (χ4v) is 3.39. The van der Waals surface area contributed by atoms with E-state index in [1.165, 1.54) is 4.73 Å². The first-order valence-corrected chi connectivity index (χ1v) is 10.8. The molecule has 0 amide bonds. The summed E-state index contributed by atoms with van der Waals surface area (Å²) in [5.74, 6) is 0. The van der Waals surface area contributed by atoms with Gasteiger partial charge in [0.05, 0.1) is 5.52 Å². The van der Waals surface area contributed by atoms with E-state index in [1.54, 1.807) is 4.57 Å². The number of nitrogens with zero attached hydrogens (tertiary/aromatic N) is 2. The fourth-order valence-electron chi connectivity index (χ4n) is 2.77. The van der Waals surface area contributed by atoms with Gasteiger partial charge in [0.25, 0.3) is 9.04 Å². The Labute approximate surface area is 138 Å². The largest absolute Gasteiger partial charge is 0.471 e. The average Bonchev–Trinajstić information content (AvgIpc) is 2.41. The highest BCUT2D eigenvalue weighted by molar-refractivity contribution is 6.48. The first-order valence-electron chi connectivity index (χ1n) is 8.03. The molecule has 0 aliphatic rings. The summed E-state index contributed by atoms with van der Waals surface area (Å²) in [4.78, 5) is 25.2. The Hall–Kier alpha value is -1.82. The summed E-state index contributed by atoms with van der Waals surface area (Å²) in [6.07, 6.45) is 0. The van der Waals surface area contributed by atoms with Crippen molar-refractivity contribution in [1.29, 1.82) is 0 Å². The van der Waals surface area contributed by atoms with Crippen molar-refractivity contribution in [2.75, 3.05) is 0 Å². The van der Waals surface area contributed by atoms with Gasteiger partial charge in [0.15, 0.2) is 0 Å². The number of para-hydroxylation sites is 1. The molecule has 0 saturated carbocycles. The minimum absolute atomic E-state index is 0.0983. The topological polar surface area (TPSA) is 53.2 Å². The molecule has 0 atom stereocenters. The molecular weight excluding hydrogens is 308 g/mol. The molecule has 1 aromatic heterocycles. The van der Waals surface area contributed by atoms with Crippen molar-refractivity contribution in [2.24, 2.45) is 0 Å². The molecule has 0 unspecified atom stereocenters. The molecule has 0 bridgehead atoms. The predicted octanol–water partition coefficient (Wildman–Crippen LogP) is 2.45. The molecule has 126 valence electrons. The summed E-state index contributed by atoms with van der Waals surface area (Å²) in [6, 6.07) is 5.72. The highest BCUT2D eigenvalue weighted by Gasteiger charge is 2.24. The molecule has 0 radical (unpaired) electrons. The second kappa shape index (κ2) is 6.00. The van der Waals surface area contributed by atoms with Crippen LogP contribution in [0.3, 0.4) is 0 Å². The molecular formula is C17H26N2O3Si. The summed E-state index contributed by atoms with van der Waals surface area (Å²) in [7, 11) is -1.55. The average molecular weight is 334 g/mol. The van der Waals surface area contributed by atoms with Crippen LogP contribution in [-0.2, 0) is 5.41 Å². The van der Waals surface area contributed by atoms with Crippen LogP contribution in [0.4, 0.5) is 0 Å². The quantitative estimate of drug-likeness (QED) is 0.640. The van der Waals surface area contributed by atoms with Gasteiger partial charge in [0.1, 0.15) is 5.52 Å². The van der Waals surface area contributed by atoms with E-state index in [4.69, 9.17) is 4.53 Å². The normalized spacial score (nSPS) is 12.4. The van der Waals surface area contributed by atoms with Crippen molar-refractivity contribution in [3.05, 3.63) is 44.5 Å². The third kappa shape index (κ3) is 3.13. The summed E-state index contributed by atoms with van der Waals surface area (Å²) in [6.45, 7) is 14.0. The Bertz CT molecular complexity index is 842. The second-order valence-electron chi connectivity index (χ2n) is 7.45. The lowest BCUT2D eigenvalue weighted by Crippen LogP contribution is -2.46. The van der Waals surface area contributed by atoms with Gasteiger partial charge in [-0.1, -0.05) is 32.9 Å². The van der Waals surface area contributed by atoms with E-state index in [0.717, 1.165) is 11.1 Å². The van der Waals surface area contributed by atoms with E-state index in [1.807, 2.05) is 45.1 Å². The van der Waals surface area contributed by atoms with E-state index >= 15 is 0 Å². The SMILES string of the molecule is CC(C)n1c(=O)c(=O)n(O[SiH](C)C)c2c(C(C)(C)C)cccc21. The van der Waals surface area contributed by atoms with Gasteiger partial charge < -0.3 is 4.53 Å². The van der Waals surface area contributed by atoms with Crippen LogP contribution in [0.25, 0.3) is 11.0 Å². The molecule has 0 N–H and O–H groups in total. The summed E-state index contributed by atoms with van der Waals surface area (Å²) >= 11 is 0. The first-order chi connectivity index (χ1) is 10.6. The molecule has 0 aliphatic carbocycles. The third-order valence-corrected chi connectivity index (χ3v) is 4.34. The third-order valence-electron chi connectivity index (χ3n) is 3.70. The van der Waals surface area contributed by atoms with Gasteiger partial charge in [-0.05, 0) is 44.0 Å². The maximum atomic E-state index is 12.6. The highest BCUT2D eigenvalue weighted by Crippen LogP contribution is 2.29. The van der Waals surface area contributed by atoms with Gasteiger partial charge >= 0.3 is 11.1 Å². The van der Waals surface area contributed by atoms with Crippen molar-refractivity contribution < 1.29 is 4.53 Å². The number of aromatic nitrogens is 2. The minimum atomic E-state index is -1.55. The Morgan fingerprint density at radius 3 is 2.17 bits per heavy atom. The number of hydrogen-bond acceptors (Lipinski definition) is 3. The lowest BCUT2D eigenvalue weighted by Gasteiger charge is -2.26. The van der Waals surface area contributed by atoms with Crippen LogP contribution < -0.4 is 15.6 Å². The number of rotatable bonds is 3. The molecule has 5 nitrogen and oxygen atoms in total. The van der Waals surface area contributed by atoms with Crippen LogP contribution >= 0.6 is 0 Å². The van der Waals surface area contributed by atoms with E-state index in [0.29, 0.717) is 5.52 Å². The predicted molar refractivity (Wildman–Crippen MR) is 97.0 cm³/mol. The van der Waals surface area contributed by atoms with Gasteiger partial charge in [0, 0.05) is 6.04 Å². The van der Waals surface area contributed by atoms with Crippen molar-refractivity contribution in [1.82, 2.24) is 9.30 Å². The monoisotopic (exact) mass is 334 g/mol. The highest BCUT2D eigenvalue weighted by atomic mass is 28.3. The number of fused-ring (bicyclic) bond motifs is 1. The van der Waals surface area contributed by atoms with Crippen molar-refractivity contribution in [3.8, 4) is 0 Å². The van der Waals surface area contributed by atoms with Crippen molar-refractivity contribution in [2.45, 2.75) is 59.2 Å². The minimum Gasteiger partial charge on any atom is -0.471 e. The van der Waals surface area contributed by atoms with E-state index in [2.05, 4.69) is 20.8 Å². The Kier molecular flexibility index (Phi) is 4.57. The van der Waals surface area contributed by atoms with Gasteiger partial charge in [-0.3, -0.25) is 14.2 Å². The van der Waals surface area contributed by atoms with E-state index < -0.39 is 20.2 Å². The van der Waals surface area contributed by atoms with Crippen LogP contribution in [0.15, 0.2) is 27.8 Å². The maximum absolute atomic E-state index is 12.6. The van der Waals surface area contributed by atoms with Crippen LogP contribution in [-0.4, -0.2) is 18.3 Å². The zero-order valence-electron chi connectivity index (χ0n) is 15.0. The van der Waals surface area contributed by atoms with Crippen LogP contribution in [0, 0.1) is 0 Å². The molecule has 2 rings (SSSR count). The van der Waals surface area contributed by atoms with Gasteiger partial charge in [-0.15, -0.1) is 0 Å². The van der Waals surface area contributed by atoms with E-state index in [9.17, 15) is 9.59 Å². The van der Waals surface area contributed by atoms with Crippen LogP contribution in [0.1, 0.15) is 46.2 Å². The lowest BCUT2D eigenvalue weighted by molar-refractivity contribution is 0.276. The molecule has 0 fully saturated rings.